The molecule has 1 aromatic rings. The van der Waals surface area contributed by atoms with Gasteiger partial charge in [-0.15, -0.1) is 11.3 Å². The number of thiophene rings is 1. The normalized spacial score (nSPS) is 23.7. The van der Waals surface area contributed by atoms with E-state index in [1.807, 2.05) is 11.4 Å². The minimum Gasteiger partial charge on any atom is -0.354 e. The Kier molecular flexibility index (Phi) is 5.62. The van der Waals surface area contributed by atoms with Crippen LogP contribution in [0, 0.1) is 0 Å². The first-order valence-corrected chi connectivity index (χ1v) is 11.5. The largest absolute Gasteiger partial charge is 0.354 e. The molecule has 1 saturated heterocycles. The van der Waals surface area contributed by atoms with Gasteiger partial charge in [-0.1, -0.05) is 25.3 Å². The molecule has 1 aliphatic carbocycles. The van der Waals surface area contributed by atoms with Gasteiger partial charge in [0.2, 0.25) is 5.91 Å². The number of hydrogen-bond acceptors (Lipinski definition) is 5. The van der Waals surface area contributed by atoms with E-state index in [0.29, 0.717) is 19.6 Å². The van der Waals surface area contributed by atoms with Crippen molar-refractivity contribution in [2.45, 2.75) is 37.5 Å². The zero-order valence-electron chi connectivity index (χ0n) is 14.0. The number of nitrogens with zero attached hydrogens (tertiary/aromatic N) is 1. The fraction of sp³-hybridized carbons (Fsp3) is 0.706. The molecule has 0 atom stereocenters. The molecule has 3 rings (SSSR count). The van der Waals surface area contributed by atoms with E-state index in [2.05, 4.69) is 16.3 Å². The Morgan fingerprint density at radius 2 is 1.92 bits per heavy atom. The highest BCUT2D eigenvalue weighted by molar-refractivity contribution is 7.91. The van der Waals surface area contributed by atoms with E-state index in [-0.39, 0.29) is 22.8 Å². The predicted molar refractivity (Wildman–Crippen MR) is 97.2 cm³/mol. The molecule has 5 nitrogen and oxygen atoms in total. The van der Waals surface area contributed by atoms with Crippen LogP contribution in [-0.4, -0.2) is 56.9 Å². The molecule has 0 aromatic carbocycles. The van der Waals surface area contributed by atoms with Gasteiger partial charge < -0.3 is 5.32 Å². The second kappa shape index (κ2) is 7.54. The van der Waals surface area contributed by atoms with Crippen LogP contribution in [0.5, 0.6) is 0 Å². The maximum absolute atomic E-state index is 12.9. The van der Waals surface area contributed by atoms with Crippen LogP contribution in [0.4, 0.5) is 0 Å². The third-order valence-electron chi connectivity index (χ3n) is 5.29. The SMILES string of the molecule is O=C(NCCN1CCS(=O)(=O)CC1)C1(c2cccs2)CCCCC1. The van der Waals surface area contributed by atoms with Gasteiger partial charge in [0.15, 0.2) is 9.84 Å². The topological polar surface area (TPSA) is 66.5 Å². The minimum absolute atomic E-state index is 0.147. The van der Waals surface area contributed by atoms with E-state index in [1.165, 1.54) is 11.3 Å². The van der Waals surface area contributed by atoms with Gasteiger partial charge in [-0.05, 0) is 24.3 Å². The van der Waals surface area contributed by atoms with E-state index in [1.54, 1.807) is 11.3 Å². The lowest BCUT2D eigenvalue weighted by atomic mass is 9.72. The number of sulfone groups is 1. The van der Waals surface area contributed by atoms with Gasteiger partial charge in [0.1, 0.15) is 0 Å². The lowest BCUT2D eigenvalue weighted by Crippen LogP contribution is -2.48. The Morgan fingerprint density at radius 3 is 2.54 bits per heavy atom. The summed E-state index contributed by atoms with van der Waals surface area (Å²) in [5, 5.41) is 5.17. The average molecular weight is 371 g/mol. The van der Waals surface area contributed by atoms with Crippen molar-refractivity contribution in [3.8, 4) is 0 Å². The summed E-state index contributed by atoms with van der Waals surface area (Å²) in [5.74, 6) is 0.620. The molecular weight excluding hydrogens is 344 g/mol. The van der Waals surface area contributed by atoms with Crippen LogP contribution in [-0.2, 0) is 20.0 Å². The quantitative estimate of drug-likeness (QED) is 0.858. The molecule has 0 radical (unpaired) electrons. The Hall–Kier alpha value is -0.920. The third-order valence-corrected chi connectivity index (χ3v) is 7.97. The van der Waals surface area contributed by atoms with E-state index in [0.717, 1.165) is 32.2 Å². The molecule has 1 amide bonds. The summed E-state index contributed by atoms with van der Waals surface area (Å²) in [7, 11) is -2.84. The first kappa shape index (κ1) is 17.9. The smallest absolute Gasteiger partial charge is 0.231 e. The number of rotatable bonds is 5. The highest BCUT2D eigenvalue weighted by Gasteiger charge is 2.41. The van der Waals surface area contributed by atoms with Crippen molar-refractivity contribution in [2.24, 2.45) is 0 Å². The monoisotopic (exact) mass is 370 g/mol. The summed E-state index contributed by atoms with van der Waals surface area (Å²) >= 11 is 1.68. The van der Waals surface area contributed by atoms with Crippen LogP contribution >= 0.6 is 11.3 Å². The maximum atomic E-state index is 12.9. The Bertz CT molecular complexity index is 635. The highest BCUT2D eigenvalue weighted by Crippen LogP contribution is 2.41. The van der Waals surface area contributed by atoms with Crippen molar-refractivity contribution in [1.82, 2.24) is 10.2 Å². The van der Waals surface area contributed by atoms with Gasteiger partial charge in [0.25, 0.3) is 0 Å². The molecule has 0 spiro atoms. The second-order valence-corrected chi connectivity index (χ2v) is 10.1. The lowest BCUT2D eigenvalue weighted by Gasteiger charge is -2.35. The Labute approximate surface area is 148 Å². The molecule has 2 aliphatic rings. The predicted octanol–water partition coefficient (Wildman–Crippen LogP) is 1.80. The van der Waals surface area contributed by atoms with Crippen molar-refractivity contribution >= 4 is 27.1 Å². The van der Waals surface area contributed by atoms with Gasteiger partial charge in [0, 0.05) is 31.1 Å². The first-order chi connectivity index (χ1) is 11.5. The van der Waals surface area contributed by atoms with Crippen LogP contribution in [0.15, 0.2) is 17.5 Å². The molecule has 0 unspecified atom stereocenters. The van der Waals surface area contributed by atoms with E-state index in [9.17, 15) is 13.2 Å². The number of amides is 1. The van der Waals surface area contributed by atoms with Crippen molar-refractivity contribution < 1.29 is 13.2 Å². The van der Waals surface area contributed by atoms with Gasteiger partial charge in [-0.25, -0.2) is 8.42 Å². The molecule has 24 heavy (non-hydrogen) atoms. The Morgan fingerprint density at radius 1 is 1.21 bits per heavy atom. The van der Waals surface area contributed by atoms with Crippen LogP contribution in [0.2, 0.25) is 0 Å². The molecule has 1 aliphatic heterocycles. The molecule has 2 fully saturated rings. The molecule has 2 heterocycles. The highest BCUT2D eigenvalue weighted by atomic mass is 32.2. The fourth-order valence-electron chi connectivity index (χ4n) is 3.76. The molecular formula is C17H26N2O3S2. The molecule has 134 valence electrons. The maximum Gasteiger partial charge on any atom is 0.231 e. The number of carbonyl (C=O) groups is 1. The van der Waals surface area contributed by atoms with Gasteiger partial charge in [-0.3, -0.25) is 9.69 Å². The molecule has 1 aromatic heterocycles. The van der Waals surface area contributed by atoms with Crippen LogP contribution < -0.4 is 5.32 Å². The first-order valence-electron chi connectivity index (χ1n) is 8.77. The zero-order valence-corrected chi connectivity index (χ0v) is 15.6. The standard InChI is InChI=1S/C17H26N2O3S2/c20-16(18-8-9-19-10-13-24(21,22)14-11-19)17(6-2-1-3-7-17)15-5-4-12-23-15/h4-5,12H,1-3,6-11,13-14H2,(H,18,20). The molecule has 1 saturated carbocycles. The summed E-state index contributed by atoms with van der Waals surface area (Å²) in [6.07, 6.45) is 5.29. The van der Waals surface area contributed by atoms with Gasteiger partial charge in [0.05, 0.1) is 16.9 Å². The van der Waals surface area contributed by atoms with Crippen molar-refractivity contribution in [1.29, 1.82) is 0 Å². The molecule has 7 heteroatoms. The lowest BCUT2D eigenvalue weighted by molar-refractivity contribution is -0.128. The second-order valence-electron chi connectivity index (χ2n) is 6.87. The van der Waals surface area contributed by atoms with E-state index < -0.39 is 9.84 Å². The molecule has 0 bridgehead atoms. The summed E-state index contributed by atoms with van der Waals surface area (Å²) < 4.78 is 22.9. The number of nitrogens with one attached hydrogen (secondary N) is 1. The van der Waals surface area contributed by atoms with Gasteiger partial charge >= 0.3 is 0 Å². The Balaban J connectivity index is 1.55. The van der Waals surface area contributed by atoms with Gasteiger partial charge in [-0.2, -0.15) is 0 Å². The zero-order chi connectivity index (χ0) is 17.0. The van der Waals surface area contributed by atoms with E-state index >= 15 is 0 Å². The van der Waals surface area contributed by atoms with Crippen LogP contribution in [0.25, 0.3) is 0 Å². The van der Waals surface area contributed by atoms with Crippen molar-refractivity contribution in [3.63, 3.8) is 0 Å². The number of hydrogen-bond donors (Lipinski definition) is 1. The van der Waals surface area contributed by atoms with E-state index in [4.69, 9.17) is 0 Å². The van der Waals surface area contributed by atoms with Crippen molar-refractivity contribution in [2.75, 3.05) is 37.7 Å². The summed E-state index contributed by atoms with van der Waals surface area (Å²) in [6.45, 7) is 2.47. The van der Waals surface area contributed by atoms with Crippen LogP contribution in [0.3, 0.4) is 0 Å². The summed E-state index contributed by atoms with van der Waals surface area (Å²) in [4.78, 5) is 16.3. The van der Waals surface area contributed by atoms with Crippen LogP contribution in [0.1, 0.15) is 37.0 Å². The average Bonchev–Trinajstić information content (AvgIpc) is 3.12. The minimum atomic E-state index is -2.84. The number of carbonyl (C=O) groups excluding carboxylic acids is 1. The fourth-order valence-corrected chi connectivity index (χ4v) is 6.02. The summed E-state index contributed by atoms with van der Waals surface area (Å²) in [5.41, 5.74) is -0.350. The molecule has 1 N–H and O–H groups in total. The van der Waals surface area contributed by atoms with Crippen molar-refractivity contribution in [3.05, 3.63) is 22.4 Å². The third kappa shape index (κ3) is 4.00. The summed E-state index contributed by atoms with van der Waals surface area (Å²) in [6, 6.07) is 4.11.